The second-order valence-corrected chi connectivity index (χ2v) is 4.28. The summed E-state index contributed by atoms with van der Waals surface area (Å²) in [5.74, 6) is -1.81. The van der Waals surface area contributed by atoms with Gasteiger partial charge in [-0.25, -0.2) is 0 Å². The molecule has 0 rings (SSSR count). The number of amides is 1. The third-order valence-electron chi connectivity index (χ3n) is 1.87. The van der Waals surface area contributed by atoms with Crippen LogP contribution in [0.3, 0.4) is 0 Å². The van der Waals surface area contributed by atoms with E-state index in [1.54, 1.807) is 13.8 Å². The summed E-state index contributed by atoms with van der Waals surface area (Å²) in [6.07, 6.45) is -4.39. The fraction of sp³-hybridized carbons (Fsp3) is 0.800. The summed E-state index contributed by atoms with van der Waals surface area (Å²) in [5, 5.41) is 10.5. The Hall–Kier alpha value is -1.31. The van der Waals surface area contributed by atoms with Crippen LogP contribution in [0.2, 0.25) is 0 Å². The number of rotatable bonds is 7. The lowest BCUT2D eigenvalue weighted by Gasteiger charge is -2.23. The summed E-state index contributed by atoms with van der Waals surface area (Å²) in [7, 11) is 0. The summed E-state index contributed by atoms with van der Waals surface area (Å²) >= 11 is 0. The van der Waals surface area contributed by atoms with E-state index in [0.29, 0.717) is 0 Å². The summed E-state index contributed by atoms with van der Waals surface area (Å²) in [5.41, 5.74) is 0. The highest BCUT2D eigenvalue weighted by molar-refractivity contribution is 5.82. The van der Waals surface area contributed by atoms with Crippen LogP contribution in [-0.2, 0) is 9.59 Å². The summed E-state index contributed by atoms with van der Waals surface area (Å²) in [4.78, 5) is 23.1. The molecule has 0 aliphatic heterocycles. The third-order valence-corrected chi connectivity index (χ3v) is 1.87. The number of carboxylic acids is 1. The van der Waals surface area contributed by atoms with Crippen molar-refractivity contribution in [2.45, 2.75) is 20.0 Å². The molecule has 0 aliphatic carbocycles. The average Bonchev–Trinajstić information content (AvgIpc) is 2.12. The highest BCUT2D eigenvalue weighted by Gasteiger charge is 2.27. The van der Waals surface area contributed by atoms with Crippen molar-refractivity contribution in [2.24, 2.45) is 5.92 Å². The summed E-state index contributed by atoms with van der Waals surface area (Å²) < 4.78 is 35.5. The Morgan fingerprint density at radius 1 is 1.33 bits per heavy atom. The van der Waals surface area contributed by atoms with Crippen LogP contribution in [-0.4, -0.2) is 54.2 Å². The van der Waals surface area contributed by atoms with E-state index in [9.17, 15) is 22.8 Å². The minimum Gasteiger partial charge on any atom is -0.480 e. The van der Waals surface area contributed by atoms with Gasteiger partial charge in [-0.15, -0.1) is 0 Å². The van der Waals surface area contributed by atoms with Gasteiger partial charge in [0.15, 0.2) is 0 Å². The molecule has 0 aromatic rings. The monoisotopic (exact) mass is 270 g/mol. The van der Waals surface area contributed by atoms with Crippen molar-refractivity contribution in [3.63, 3.8) is 0 Å². The molecule has 0 atom stereocenters. The minimum absolute atomic E-state index is 0.0379. The number of carboxylic acid groups (broad SMARTS) is 1. The van der Waals surface area contributed by atoms with Gasteiger partial charge in [0.2, 0.25) is 5.91 Å². The highest BCUT2D eigenvalue weighted by atomic mass is 19.4. The van der Waals surface area contributed by atoms with Gasteiger partial charge in [-0.2, -0.15) is 13.2 Å². The first-order valence-corrected chi connectivity index (χ1v) is 5.39. The number of hydrogen-bond donors (Lipinski definition) is 2. The number of hydrogen-bond acceptors (Lipinski definition) is 3. The third kappa shape index (κ3) is 8.80. The predicted molar refractivity (Wildman–Crippen MR) is 58.0 cm³/mol. The molecule has 0 aromatic carbocycles. The van der Waals surface area contributed by atoms with Gasteiger partial charge in [0.25, 0.3) is 0 Å². The first kappa shape index (κ1) is 16.7. The van der Waals surface area contributed by atoms with Gasteiger partial charge in [0, 0.05) is 6.54 Å². The number of nitrogens with zero attached hydrogens (tertiary/aromatic N) is 1. The lowest BCUT2D eigenvalue weighted by molar-refractivity contribution is -0.145. The quantitative estimate of drug-likeness (QED) is 0.714. The molecule has 0 aliphatic rings. The highest BCUT2D eigenvalue weighted by Crippen LogP contribution is 2.12. The van der Waals surface area contributed by atoms with Crippen molar-refractivity contribution in [2.75, 3.05) is 26.2 Å². The van der Waals surface area contributed by atoms with Crippen LogP contribution in [0.1, 0.15) is 13.8 Å². The van der Waals surface area contributed by atoms with Crippen LogP contribution in [0.5, 0.6) is 0 Å². The number of carbonyl (C=O) groups excluding carboxylic acids is 1. The van der Waals surface area contributed by atoms with Crippen LogP contribution in [0.15, 0.2) is 0 Å². The molecule has 0 saturated heterocycles. The van der Waals surface area contributed by atoms with Crippen LogP contribution in [0, 0.1) is 5.92 Å². The first-order chi connectivity index (χ1) is 8.11. The zero-order chi connectivity index (χ0) is 14.3. The van der Waals surface area contributed by atoms with Gasteiger partial charge in [-0.1, -0.05) is 13.8 Å². The lowest BCUT2D eigenvalue weighted by atomic mass is 10.2. The molecule has 18 heavy (non-hydrogen) atoms. The second-order valence-electron chi connectivity index (χ2n) is 4.28. The molecule has 0 heterocycles. The van der Waals surface area contributed by atoms with Crippen LogP contribution in [0.4, 0.5) is 13.2 Å². The molecule has 5 nitrogen and oxygen atoms in total. The number of carbonyl (C=O) groups is 2. The molecule has 0 saturated carbocycles. The van der Waals surface area contributed by atoms with E-state index in [0.717, 1.165) is 4.90 Å². The molecule has 0 bridgehead atoms. The Morgan fingerprint density at radius 3 is 2.28 bits per heavy atom. The van der Waals surface area contributed by atoms with E-state index >= 15 is 0 Å². The van der Waals surface area contributed by atoms with E-state index in [2.05, 4.69) is 0 Å². The van der Waals surface area contributed by atoms with Crippen LogP contribution >= 0.6 is 0 Å². The SMILES string of the molecule is CC(C)CN(CC(=O)O)C(=O)CNCC(F)(F)F. The molecular weight excluding hydrogens is 253 g/mol. The largest absolute Gasteiger partial charge is 0.480 e. The van der Waals surface area contributed by atoms with E-state index in [4.69, 9.17) is 5.11 Å². The molecule has 0 fully saturated rings. The fourth-order valence-corrected chi connectivity index (χ4v) is 1.28. The van der Waals surface area contributed by atoms with Gasteiger partial charge >= 0.3 is 12.1 Å². The minimum atomic E-state index is -4.39. The van der Waals surface area contributed by atoms with E-state index in [-0.39, 0.29) is 12.5 Å². The maximum atomic E-state index is 11.8. The van der Waals surface area contributed by atoms with E-state index < -0.39 is 37.7 Å². The molecule has 2 N–H and O–H groups in total. The molecule has 8 heteroatoms. The Balaban J connectivity index is 4.25. The summed E-state index contributed by atoms with van der Waals surface area (Å²) in [6, 6.07) is 0. The average molecular weight is 270 g/mol. The van der Waals surface area contributed by atoms with Crippen molar-refractivity contribution >= 4 is 11.9 Å². The van der Waals surface area contributed by atoms with Gasteiger partial charge in [-0.05, 0) is 5.92 Å². The maximum absolute atomic E-state index is 11.8. The number of aliphatic carboxylic acids is 1. The molecule has 0 unspecified atom stereocenters. The van der Waals surface area contributed by atoms with Gasteiger partial charge in [0.05, 0.1) is 13.1 Å². The van der Waals surface area contributed by atoms with Gasteiger partial charge in [-0.3, -0.25) is 9.59 Å². The van der Waals surface area contributed by atoms with Crippen molar-refractivity contribution in [3.8, 4) is 0 Å². The zero-order valence-corrected chi connectivity index (χ0v) is 10.3. The topological polar surface area (TPSA) is 69.6 Å². The zero-order valence-electron chi connectivity index (χ0n) is 10.3. The normalized spacial score (nSPS) is 11.7. The Bertz CT molecular complexity index is 293. The van der Waals surface area contributed by atoms with Crippen molar-refractivity contribution in [1.29, 1.82) is 0 Å². The molecule has 0 radical (unpaired) electrons. The van der Waals surface area contributed by atoms with Crippen molar-refractivity contribution < 1.29 is 27.9 Å². The molecule has 0 spiro atoms. The lowest BCUT2D eigenvalue weighted by Crippen LogP contribution is -2.44. The van der Waals surface area contributed by atoms with Gasteiger partial charge in [0.1, 0.15) is 6.54 Å². The second kappa shape index (κ2) is 7.20. The molecule has 106 valence electrons. The Morgan fingerprint density at radius 2 is 1.89 bits per heavy atom. The number of nitrogens with one attached hydrogen (secondary N) is 1. The van der Waals surface area contributed by atoms with Crippen molar-refractivity contribution in [3.05, 3.63) is 0 Å². The van der Waals surface area contributed by atoms with Crippen LogP contribution < -0.4 is 5.32 Å². The van der Waals surface area contributed by atoms with E-state index in [1.807, 2.05) is 5.32 Å². The standard InChI is InChI=1S/C10H17F3N2O3/c1-7(2)4-15(5-9(17)18)8(16)3-14-6-10(11,12)13/h7,14H,3-6H2,1-2H3,(H,17,18). The molecular formula is C10H17F3N2O3. The number of halogens is 3. The van der Waals surface area contributed by atoms with Crippen molar-refractivity contribution in [1.82, 2.24) is 10.2 Å². The maximum Gasteiger partial charge on any atom is 0.401 e. The summed E-state index contributed by atoms with van der Waals surface area (Å²) in [6.45, 7) is 1.45. The Kier molecular flexibility index (Phi) is 6.67. The molecule has 0 aromatic heterocycles. The van der Waals surface area contributed by atoms with Gasteiger partial charge < -0.3 is 15.3 Å². The fourth-order valence-electron chi connectivity index (χ4n) is 1.28. The first-order valence-electron chi connectivity index (χ1n) is 5.39. The number of alkyl halides is 3. The smallest absolute Gasteiger partial charge is 0.401 e. The van der Waals surface area contributed by atoms with Crippen LogP contribution in [0.25, 0.3) is 0 Å². The molecule has 1 amide bonds. The van der Waals surface area contributed by atoms with E-state index in [1.165, 1.54) is 0 Å². The Labute approximate surface area is 103 Å². The predicted octanol–water partition coefficient (Wildman–Crippen LogP) is 0.707.